The summed E-state index contributed by atoms with van der Waals surface area (Å²) in [4.78, 5) is 0. The Morgan fingerprint density at radius 2 is 1.94 bits per heavy atom. The maximum atomic E-state index is 9.09. The van der Waals surface area contributed by atoms with Crippen LogP contribution in [-0.2, 0) is 0 Å². The summed E-state index contributed by atoms with van der Waals surface area (Å²) in [5, 5.41) is 12.8. The standard InChI is InChI=1S/C14H30N2O/c1-4-13(5-6-17)16-14(10-15)8-11(2)7-12(3)9-14/h11-13,16-17H,4-10,15H2,1-3H3. The van der Waals surface area contributed by atoms with Gasteiger partial charge in [0.2, 0.25) is 0 Å². The van der Waals surface area contributed by atoms with E-state index in [0.29, 0.717) is 12.6 Å². The second kappa shape index (κ2) is 6.72. The molecule has 3 nitrogen and oxygen atoms in total. The molecule has 3 heteroatoms. The van der Waals surface area contributed by atoms with Crippen LogP contribution in [0.4, 0.5) is 0 Å². The van der Waals surface area contributed by atoms with Crippen molar-refractivity contribution in [3.63, 3.8) is 0 Å². The molecular weight excluding hydrogens is 212 g/mol. The lowest BCUT2D eigenvalue weighted by Crippen LogP contribution is -2.58. The summed E-state index contributed by atoms with van der Waals surface area (Å²) >= 11 is 0. The molecule has 1 fully saturated rings. The molecule has 0 bridgehead atoms. The zero-order chi connectivity index (χ0) is 12.9. The van der Waals surface area contributed by atoms with Crippen molar-refractivity contribution >= 4 is 0 Å². The number of aliphatic hydroxyl groups excluding tert-OH is 1. The van der Waals surface area contributed by atoms with Crippen molar-refractivity contribution in [1.29, 1.82) is 0 Å². The van der Waals surface area contributed by atoms with E-state index in [1.807, 2.05) is 0 Å². The molecule has 0 radical (unpaired) electrons. The minimum Gasteiger partial charge on any atom is -0.396 e. The van der Waals surface area contributed by atoms with Gasteiger partial charge in [0.25, 0.3) is 0 Å². The smallest absolute Gasteiger partial charge is 0.0445 e. The number of rotatable bonds is 6. The highest BCUT2D eigenvalue weighted by Crippen LogP contribution is 2.36. The van der Waals surface area contributed by atoms with Crippen molar-refractivity contribution < 1.29 is 5.11 Å². The fraction of sp³-hybridized carbons (Fsp3) is 1.00. The van der Waals surface area contributed by atoms with Gasteiger partial charge in [0.05, 0.1) is 0 Å². The highest BCUT2D eigenvalue weighted by molar-refractivity contribution is 4.97. The number of nitrogens with two attached hydrogens (primary N) is 1. The fourth-order valence-corrected chi connectivity index (χ4v) is 3.58. The van der Waals surface area contributed by atoms with E-state index in [4.69, 9.17) is 10.8 Å². The molecule has 0 heterocycles. The highest BCUT2D eigenvalue weighted by Gasteiger charge is 2.37. The molecule has 0 aromatic carbocycles. The Hall–Kier alpha value is -0.120. The summed E-state index contributed by atoms with van der Waals surface area (Å²) in [7, 11) is 0. The maximum Gasteiger partial charge on any atom is 0.0445 e. The topological polar surface area (TPSA) is 58.3 Å². The van der Waals surface area contributed by atoms with E-state index in [1.54, 1.807) is 0 Å². The van der Waals surface area contributed by atoms with Crippen molar-refractivity contribution in [2.75, 3.05) is 13.2 Å². The number of aliphatic hydroxyl groups is 1. The van der Waals surface area contributed by atoms with Crippen LogP contribution < -0.4 is 11.1 Å². The van der Waals surface area contributed by atoms with Crippen molar-refractivity contribution in [3.8, 4) is 0 Å². The van der Waals surface area contributed by atoms with Crippen molar-refractivity contribution in [1.82, 2.24) is 5.32 Å². The third kappa shape index (κ3) is 4.23. The fourth-order valence-electron chi connectivity index (χ4n) is 3.58. The van der Waals surface area contributed by atoms with E-state index in [0.717, 1.165) is 24.7 Å². The van der Waals surface area contributed by atoms with Gasteiger partial charge in [-0.25, -0.2) is 0 Å². The second-order valence-electron chi connectivity index (χ2n) is 6.10. The van der Waals surface area contributed by atoms with Crippen LogP contribution in [0.25, 0.3) is 0 Å². The van der Waals surface area contributed by atoms with Gasteiger partial charge in [-0.1, -0.05) is 20.8 Å². The monoisotopic (exact) mass is 242 g/mol. The average Bonchev–Trinajstić information content (AvgIpc) is 2.27. The Balaban J connectivity index is 2.66. The van der Waals surface area contributed by atoms with Gasteiger partial charge in [-0.2, -0.15) is 0 Å². The third-order valence-electron chi connectivity index (χ3n) is 4.15. The number of hydrogen-bond acceptors (Lipinski definition) is 3. The van der Waals surface area contributed by atoms with Crippen LogP contribution in [0.3, 0.4) is 0 Å². The summed E-state index contributed by atoms with van der Waals surface area (Å²) in [5.41, 5.74) is 6.14. The largest absolute Gasteiger partial charge is 0.396 e. The van der Waals surface area contributed by atoms with Gasteiger partial charge in [-0.15, -0.1) is 0 Å². The van der Waals surface area contributed by atoms with E-state index in [2.05, 4.69) is 26.1 Å². The van der Waals surface area contributed by atoms with Gasteiger partial charge in [-0.3, -0.25) is 0 Å². The highest BCUT2D eigenvalue weighted by atomic mass is 16.3. The van der Waals surface area contributed by atoms with E-state index in [9.17, 15) is 0 Å². The maximum absolute atomic E-state index is 9.09. The Labute approximate surface area is 106 Å². The number of nitrogens with one attached hydrogen (secondary N) is 1. The van der Waals surface area contributed by atoms with Gasteiger partial charge in [0, 0.05) is 24.7 Å². The summed E-state index contributed by atoms with van der Waals surface area (Å²) < 4.78 is 0. The Morgan fingerprint density at radius 3 is 2.35 bits per heavy atom. The van der Waals surface area contributed by atoms with Crippen LogP contribution in [-0.4, -0.2) is 29.8 Å². The molecule has 1 rings (SSSR count). The molecule has 102 valence electrons. The molecule has 3 atom stereocenters. The van der Waals surface area contributed by atoms with Gasteiger partial charge in [0.1, 0.15) is 0 Å². The van der Waals surface area contributed by atoms with Crippen molar-refractivity contribution in [2.24, 2.45) is 17.6 Å². The van der Waals surface area contributed by atoms with Gasteiger partial charge in [-0.05, 0) is 43.9 Å². The van der Waals surface area contributed by atoms with Crippen molar-refractivity contribution in [2.45, 2.75) is 64.5 Å². The van der Waals surface area contributed by atoms with Crippen LogP contribution in [0, 0.1) is 11.8 Å². The molecule has 1 aliphatic carbocycles. The normalized spacial score (nSPS) is 35.8. The molecule has 0 spiro atoms. The molecule has 17 heavy (non-hydrogen) atoms. The summed E-state index contributed by atoms with van der Waals surface area (Å²) in [6.07, 6.45) is 5.57. The average molecular weight is 242 g/mol. The van der Waals surface area contributed by atoms with Crippen LogP contribution in [0.2, 0.25) is 0 Å². The minimum absolute atomic E-state index is 0.104. The Bertz CT molecular complexity index is 210. The van der Waals surface area contributed by atoms with Gasteiger partial charge in [0.15, 0.2) is 0 Å². The third-order valence-corrected chi connectivity index (χ3v) is 4.15. The van der Waals surface area contributed by atoms with E-state index in [-0.39, 0.29) is 12.1 Å². The van der Waals surface area contributed by atoms with E-state index in [1.165, 1.54) is 19.3 Å². The first-order valence-corrected chi connectivity index (χ1v) is 7.14. The molecule has 0 amide bonds. The quantitative estimate of drug-likeness (QED) is 0.666. The molecule has 4 N–H and O–H groups in total. The molecule has 1 saturated carbocycles. The number of hydrogen-bond donors (Lipinski definition) is 3. The minimum atomic E-state index is 0.104. The molecule has 0 saturated heterocycles. The van der Waals surface area contributed by atoms with Gasteiger partial charge >= 0.3 is 0 Å². The summed E-state index contributed by atoms with van der Waals surface area (Å²) in [5.74, 6) is 1.50. The molecule has 0 aromatic rings. The lowest BCUT2D eigenvalue weighted by Gasteiger charge is -2.45. The first kappa shape index (κ1) is 14.9. The summed E-state index contributed by atoms with van der Waals surface area (Å²) in [6.45, 7) is 7.80. The molecule has 0 aromatic heterocycles. The second-order valence-corrected chi connectivity index (χ2v) is 6.10. The predicted octanol–water partition coefficient (Wildman–Crippen LogP) is 1.89. The molecular formula is C14H30N2O. The van der Waals surface area contributed by atoms with E-state index < -0.39 is 0 Å². The van der Waals surface area contributed by atoms with Crippen molar-refractivity contribution in [3.05, 3.63) is 0 Å². The van der Waals surface area contributed by atoms with Crippen LogP contribution >= 0.6 is 0 Å². The first-order chi connectivity index (χ1) is 8.05. The summed E-state index contributed by atoms with van der Waals surface area (Å²) in [6, 6.07) is 0.404. The zero-order valence-electron chi connectivity index (χ0n) is 11.7. The molecule has 0 aliphatic heterocycles. The zero-order valence-corrected chi connectivity index (χ0v) is 11.7. The SMILES string of the molecule is CCC(CCO)NC1(CN)CC(C)CC(C)C1. The van der Waals surface area contributed by atoms with Crippen LogP contribution in [0.15, 0.2) is 0 Å². The molecule has 3 unspecified atom stereocenters. The van der Waals surface area contributed by atoms with Crippen LogP contribution in [0.1, 0.15) is 52.9 Å². The Kier molecular flexibility index (Phi) is 5.90. The van der Waals surface area contributed by atoms with Crippen LogP contribution in [0.5, 0.6) is 0 Å². The molecule has 1 aliphatic rings. The lowest BCUT2D eigenvalue weighted by molar-refractivity contribution is 0.127. The Morgan fingerprint density at radius 1 is 1.35 bits per heavy atom. The first-order valence-electron chi connectivity index (χ1n) is 7.14. The van der Waals surface area contributed by atoms with Gasteiger partial charge < -0.3 is 16.2 Å². The van der Waals surface area contributed by atoms with E-state index >= 15 is 0 Å². The predicted molar refractivity (Wildman–Crippen MR) is 72.9 cm³/mol. The lowest BCUT2D eigenvalue weighted by atomic mass is 9.71.